The first-order chi connectivity index (χ1) is 5.24. The van der Waals surface area contributed by atoms with Gasteiger partial charge >= 0.3 is 0 Å². The second-order valence-corrected chi connectivity index (χ2v) is 2.97. The van der Waals surface area contributed by atoms with E-state index in [4.69, 9.17) is 0 Å². The topological polar surface area (TPSA) is 42.0 Å². The van der Waals surface area contributed by atoms with Gasteiger partial charge in [-0.1, -0.05) is 0 Å². The second kappa shape index (κ2) is 3.48. The third-order valence-corrected chi connectivity index (χ3v) is 2.11. The molecule has 0 atom stereocenters. The summed E-state index contributed by atoms with van der Waals surface area (Å²) < 4.78 is 4.04. The van der Waals surface area contributed by atoms with Gasteiger partial charge < -0.3 is 5.32 Å². The van der Waals surface area contributed by atoms with E-state index in [1.807, 2.05) is 6.92 Å². The highest BCUT2D eigenvalue weighted by Gasteiger charge is 2.03. The van der Waals surface area contributed by atoms with Crippen molar-refractivity contribution in [1.29, 1.82) is 0 Å². The molecule has 0 spiro atoms. The molecule has 1 aromatic rings. The summed E-state index contributed by atoms with van der Waals surface area (Å²) >= 11 is 1.24. The number of hydrogen-bond donors (Lipinski definition) is 1. The summed E-state index contributed by atoms with van der Waals surface area (Å²) in [4.78, 5) is 11.5. The van der Waals surface area contributed by atoms with E-state index >= 15 is 0 Å². The number of hydrogen-bond acceptors (Lipinski definition) is 4. The molecule has 0 radical (unpaired) electrons. The number of anilines is 1. The lowest BCUT2D eigenvalue weighted by molar-refractivity contribution is 0.102. The second-order valence-electron chi connectivity index (χ2n) is 2.16. The standard InChI is InChI=1S/C7H10N2OS/c1-3-8-7-4-6(5(2)10)11-9-7/h4H,3H2,1-2H3,(H,8,9). The Kier molecular flexibility index (Phi) is 2.59. The molecule has 0 saturated carbocycles. The largest absolute Gasteiger partial charge is 0.369 e. The van der Waals surface area contributed by atoms with Crippen LogP contribution in [0.25, 0.3) is 0 Å². The van der Waals surface area contributed by atoms with Crippen LogP contribution >= 0.6 is 11.5 Å². The van der Waals surface area contributed by atoms with Crippen LogP contribution in [0.4, 0.5) is 5.82 Å². The monoisotopic (exact) mass is 170 g/mol. The van der Waals surface area contributed by atoms with Gasteiger partial charge in [0.25, 0.3) is 0 Å². The molecule has 0 fully saturated rings. The van der Waals surface area contributed by atoms with Crippen molar-refractivity contribution in [3.8, 4) is 0 Å². The van der Waals surface area contributed by atoms with Crippen molar-refractivity contribution in [2.45, 2.75) is 13.8 Å². The summed E-state index contributed by atoms with van der Waals surface area (Å²) in [5, 5.41) is 3.03. The van der Waals surface area contributed by atoms with Crippen LogP contribution in [0.2, 0.25) is 0 Å². The van der Waals surface area contributed by atoms with Gasteiger partial charge in [-0.15, -0.1) is 0 Å². The number of ketones is 1. The summed E-state index contributed by atoms with van der Waals surface area (Å²) in [5.41, 5.74) is 0. The van der Waals surface area contributed by atoms with Crippen LogP contribution in [-0.2, 0) is 0 Å². The maximum absolute atomic E-state index is 10.8. The molecule has 0 aliphatic carbocycles. The molecular formula is C7H10N2OS. The molecule has 1 N–H and O–H groups in total. The SMILES string of the molecule is CCNc1cc(C(C)=O)sn1. The van der Waals surface area contributed by atoms with Crippen LogP contribution in [0, 0.1) is 0 Å². The molecule has 3 nitrogen and oxygen atoms in total. The van der Waals surface area contributed by atoms with Crippen molar-refractivity contribution in [2.75, 3.05) is 11.9 Å². The minimum absolute atomic E-state index is 0.0756. The van der Waals surface area contributed by atoms with Crippen molar-refractivity contribution < 1.29 is 4.79 Å². The lowest BCUT2D eigenvalue weighted by Crippen LogP contribution is -1.95. The number of carbonyl (C=O) groups is 1. The molecule has 0 saturated heterocycles. The molecule has 1 rings (SSSR count). The van der Waals surface area contributed by atoms with E-state index in [2.05, 4.69) is 9.69 Å². The minimum atomic E-state index is 0.0756. The van der Waals surface area contributed by atoms with E-state index in [-0.39, 0.29) is 5.78 Å². The van der Waals surface area contributed by atoms with Gasteiger partial charge in [-0.05, 0) is 18.5 Å². The summed E-state index contributed by atoms with van der Waals surface area (Å²) in [6.07, 6.45) is 0. The van der Waals surface area contributed by atoms with Gasteiger partial charge in [-0.3, -0.25) is 4.79 Å². The number of aromatic nitrogens is 1. The first-order valence-corrected chi connectivity index (χ1v) is 4.23. The smallest absolute Gasteiger partial charge is 0.171 e. The van der Waals surface area contributed by atoms with Gasteiger partial charge in [0.15, 0.2) is 5.78 Å². The van der Waals surface area contributed by atoms with E-state index in [0.29, 0.717) is 4.88 Å². The fourth-order valence-electron chi connectivity index (χ4n) is 0.706. The number of rotatable bonds is 3. The molecular weight excluding hydrogens is 160 g/mol. The number of carbonyl (C=O) groups excluding carboxylic acids is 1. The van der Waals surface area contributed by atoms with Crippen LogP contribution in [0.3, 0.4) is 0 Å². The first-order valence-electron chi connectivity index (χ1n) is 3.45. The number of nitrogens with zero attached hydrogens (tertiary/aromatic N) is 1. The maximum Gasteiger partial charge on any atom is 0.171 e. The molecule has 0 amide bonds. The maximum atomic E-state index is 10.8. The third-order valence-electron chi connectivity index (χ3n) is 1.22. The molecule has 1 heterocycles. The molecule has 60 valence electrons. The quantitative estimate of drug-likeness (QED) is 0.703. The van der Waals surface area contributed by atoms with Crippen LogP contribution in [0.5, 0.6) is 0 Å². The fourth-order valence-corrected chi connectivity index (χ4v) is 1.31. The average molecular weight is 170 g/mol. The normalized spacial score (nSPS) is 9.64. The zero-order chi connectivity index (χ0) is 8.27. The van der Waals surface area contributed by atoms with Crippen molar-refractivity contribution in [3.05, 3.63) is 10.9 Å². The molecule has 0 aliphatic heterocycles. The first kappa shape index (κ1) is 8.20. The summed E-state index contributed by atoms with van der Waals surface area (Å²) in [7, 11) is 0. The Bertz CT molecular complexity index is 257. The zero-order valence-electron chi connectivity index (χ0n) is 6.55. The van der Waals surface area contributed by atoms with Crippen molar-refractivity contribution >= 4 is 23.1 Å². The Hall–Kier alpha value is -0.900. The predicted octanol–water partition coefficient (Wildman–Crippen LogP) is 1.78. The highest BCUT2D eigenvalue weighted by atomic mass is 32.1. The average Bonchev–Trinajstić information content (AvgIpc) is 2.37. The summed E-state index contributed by atoms with van der Waals surface area (Å²) in [6.45, 7) is 4.37. The van der Waals surface area contributed by atoms with E-state index in [1.54, 1.807) is 13.0 Å². The fraction of sp³-hybridized carbons (Fsp3) is 0.429. The lowest BCUT2D eigenvalue weighted by Gasteiger charge is -1.92. The predicted molar refractivity (Wildman–Crippen MR) is 46.3 cm³/mol. The lowest BCUT2D eigenvalue weighted by atomic mass is 10.3. The van der Waals surface area contributed by atoms with Crippen LogP contribution in [0.1, 0.15) is 23.5 Å². The molecule has 4 heteroatoms. The van der Waals surface area contributed by atoms with Crippen LogP contribution in [0.15, 0.2) is 6.07 Å². The molecule has 0 bridgehead atoms. The van der Waals surface area contributed by atoms with Gasteiger partial charge in [0.2, 0.25) is 0 Å². The Morgan fingerprint density at radius 3 is 3.00 bits per heavy atom. The molecule has 1 aromatic heterocycles. The van der Waals surface area contributed by atoms with Gasteiger partial charge in [0, 0.05) is 19.5 Å². The van der Waals surface area contributed by atoms with E-state index < -0.39 is 0 Å². The van der Waals surface area contributed by atoms with Gasteiger partial charge in [-0.2, -0.15) is 4.37 Å². The molecule has 0 aromatic carbocycles. The molecule has 0 unspecified atom stereocenters. The summed E-state index contributed by atoms with van der Waals surface area (Å²) in [5.74, 6) is 0.870. The van der Waals surface area contributed by atoms with Crippen LogP contribution < -0.4 is 5.32 Å². The molecule has 11 heavy (non-hydrogen) atoms. The Labute approximate surface area is 69.6 Å². The van der Waals surface area contributed by atoms with Gasteiger partial charge in [0.1, 0.15) is 5.82 Å². The van der Waals surface area contributed by atoms with Gasteiger partial charge in [-0.25, -0.2) is 0 Å². The van der Waals surface area contributed by atoms with Crippen molar-refractivity contribution in [3.63, 3.8) is 0 Å². The number of nitrogens with one attached hydrogen (secondary N) is 1. The van der Waals surface area contributed by atoms with E-state index in [9.17, 15) is 4.79 Å². The van der Waals surface area contributed by atoms with Crippen molar-refractivity contribution in [2.24, 2.45) is 0 Å². The third kappa shape index (κ3) is 2.01. The zero-order valence-corrected chi connectivity index (χ0v) is 7.36. The van der Waals surface area contributed by atoms with Gasteiger partial charge in [0.05, 0.1) is 4.88 Å². The van der Waals surface area contributed by atoms with Crippen molar-refractivity contribution in [1.82, 2.24) is 4.37 Å². The van der Waals surface area contributed by atoms with Crippen LogP contribution in [-0.4, -0.2) is 16.7 Å². The van der Waals surface area contributed by atoms with E-state index in [0.717, 1.165) is 12.4 Å². The summed E-state index contributed by atoms with van der Waals surface area (Å²) in [6, 6.07) is 1.77. The Morgan fingerprint density at radius 2 is 2.55 bits per heavy atom. The Balaban J connectivity index is 2.73. The highest BCUT2D eigenvalue weighted by molar-refractivity contribution is 7.08. The molecule has 0 aliphatic rings. The highest BCUT2D eigenvalue weighted by Crippen LogP contribution is 2.14. The minimum Gasteiger partial charge on any atom is -0.369 e. The Morgan fingerprint density at radius 1 is 1.82 bits per heavy atom. The van der Waals surface area contributed by atoms with E-state index in [1.165, 1.54) is 11.5 Å². The number of Topliss-reactive ketones (excluding diaryl/α,β-unsaturated/α-hetero) is 1.